The Morgan fingerprint density at radius 2 is 1.68 bits per heavy atom. The van der Waals surface area contributed by atoms with E-state index in [0.29, 0.717) is 0 Å². The van der Waals surface area contributed by atoms with Crippen LogP contribution in [0.3, 0.4) is 0 Å². The van der Waals surface area contributed by atoms with Gasteiger partial charge in [-0.1, -0.05) is 36.4 Å². The summed E-state index contributed by atoms with van der Waals surface area (Å²) >= 11 is 0. The summed E-state index contributed by atoms with van der Waals surface area (Å²) in [6.07, 6.45) is 5.33. The number of carbonyl (C=O) groups is 1. The average Bonchev–Trinajstić information content (AvgIpc) is 3.17. The number of hydrogen-bond donors (Lipinski definition) is 2. The van der Waals surface area contributed by atoms with Crippen molar-refractivity contribution in [2.75, 3.05) is 10.6 Å². The topological polar surface area (TPSA) is 59.0 Å². The lowest BCUT2D eigenvalue weighted by Gasteiger charge is -2.10. The molecule has 4 aromatic rings. The highest BCUT2D eigenvalue weighted by atomic mass is 16.2. The summed E-state index contributed by atoms with van der Waals surface area (Å²) in [5, 5.41) is 7.86. The second kappa shape index (κ2) is 6.49. The van der Waals surface area contributed by atoms with Gasteiger partial charge in [-0.3, -0.25) is 0 Å². The molecule has 0 saturated carbocycles. The van der Waals surface area contributed by atoms with Gasteiger partial charge in [-0.05, 0) is 35.7 Å². The van der Waals surface area contributed by atoms with Crippen LogP contribution in [0.2, 0.25) is 0 Å². The number of carbonyl (C=O) groups excluding carboxylic acids is 1. The van der Waals surface area contributed by atoms with Crippen molar-refractivity contribution in [3.63, 3.8) is 0 Å². The fourth-order valence-corrected chi connectivity index (χ4v) is 2.75. The highest BCUT2D eigenvalue weighted by Gasteiger charge is 2.06. The molecule has 4 rings (SSSR count). The summed E-state index contributed by atoms with van der Waals surface area (Å²) in [4.78, 5) is 16.3. The largest absolute Gasteiger partial charge is 0.323 e. The number of rotatable bonds is 3. The van der Waals surface area contributed by atoms with E-state index >= 15 is 0 Å². The minimum atomic E-state index is -0.272. The van der Waals surface area contributed by atoms with Crippen molar-refractivity contribution in [3.8, 4) is 5.69 Å². The van der Waals surface area contributed by atoms with Crippen LogP contribution in [0.25, 0.3) is 16.5 Å². The molecule has 0 aliphatic carbocycles. The van der Waals surface area contributed by atoms with Gasteiger partial charge in [-0.15, -0.1) is 0 Å². The Morgan fingerprint density at radius 3 is 2.48 bits per heavy atom. The molecule has 0 fully saturated rings. The molecule has 0 radical (unpaired) electrons. The van der Waals surface area contributed by atoms with E-state index in [2.05, 4.69) is 15.6 Å². The summed E-state index contributed by atoms with van der Waals surface area (Å²) < 4.78 is 1.90. The van der Waals surface area contributed by atoms with E-state index in [1.54, 1.807) is 12.5 Å². The molecule has 3 aromatic carbocycles. The number of hydrogen-bond acceptors (Lipinski definition) is 2. The van der Waals surface area contributed by atoms with Gasteiger partial charge in [-0.2, -0.15) is 0 Å². The molecule has 1 heterocycles. The van der Waals surface area contributed by atoms with Crippen molar-refractivity contribution in [2.24, 2.45) is 0 Å². The number of imidazole rings is 1. The number of nitrogens with zero attached hydrogens (tertiary/aromatic N) is 2. The number of benzene rings is 3. The number of fused-ring (bicyclic) bond motifs is 1. The zero-order chi connectivity index (χ0) is 17.1. The Labute approximate surface area is 144 Å². The third-order valence-corrected chi connectivity index (χ3v) is 3.97. The molecule has 5 heteroatoms. The Bertz CT molecular complexity index is 1000. The van der Waals surface area contributed by atoms with Crippen molar-refractivity contribution >= 4 is 28.2 Å². The summed E-state index contributed by atoms with van der Waals surface area (Å²) in [5.74, 6) is 0. The van der Waals surface area contributed by atoms with Crippen LogP contribution >= 0.6 is 0 Å². The third kappa shape index (κ3) is 3.21. The maximum absolute atomic E-state index is 12.3. The lowest BCUT2D eigenvalue weighted by atomic mass is 10.1. The van der Waals surface area contributed by atoms with E-state index < -0.39 is 0 Å². The standard InChI is InChI=1S/C20H16N4O/c25-20(23-19-7-3-5-15-4-1-2-6-18(15)19)22-16-8-10-17(11-9-16)24-13-12-21-14-24/h1-14H,(H2,22,23,25). The highest BCUT2D eigenvalue weighted by molar-refractivity contribution is 6.06. The van der Waals surface area contributed by atoms with E-state index in [9.17, 15) is 4.79 Å². The lowest BCUT2D eigenvalue weighted by Crippen LogP contribution is -2.19. The maximum atomic E-state index is 12.3. The number of urea groups is 1. The van der Waals surface area contributed by atoms with Crippen LogP contribution in [-0.4, -0.2) is 15.6 Å². The minimum absolute atomic E-state index is 0.272. The second-order valence-corrected chi connectivity index (χ2v) is 5.62. The minimum Gasteiger partial charge on any atom is -0.308 e. The third-order valence-electron chi connectivity index (χ3n) is 3.97. The first kappa shape index (κ1) is 15.0. The maximum Gasteiger partial charge on any atom is 0.323 e. The van der Waals surface area contributed by atoms with Crippen LogP contribution in [0.1, 0.15) is 0 Å². The Balaban J connectivity index is 1.48. The highest BCUT2D eigenvalue weighted by Crippen LogP contribution is 2.23. The Morgan fingerprint density at radius 1 is 0.880 bits per heavy atom. The molecule has 0 spiro atoms. The summed E-state index contributed by atoms with van der Waals surface area (Å²) in [7, 11) is 0. The van der Waals surface area contributed by atoms with Gasteiger partial charge >= 0.3 is 6.03 Å². The molecule has 0 bridgehead atoms. The van der Waals surface area contributed by atoms with Gasteiger partial charge in [0.2, 0.25) is 0 Å². The first-order valence-corrected chi connectivity index (χ1v) is 7.94. The van der Waals surface area contributed by atoms with Crippen LogP contribution in [0.15, 0.2) is 85.5 Å². The molecular formula is C20H16N4O. The molecule has 25 heavy (non-hydrogen) atoms. The number of anilines is 2. The van der Waals surface area contributed by atoms with Crippen LogP contribution in [-0.2, 0) is 0 Å². The normalized spacial score (nSPS) is 10.6. The van der Waals surface area contributed by atoms with Crippen LogP contribution in [0.5, 0.6) is 0 Å². The lowest BCUT2D eigenvalue weighted by molar-refractivity contribution is 0.262. The monoisotopic (exact) mass is 328 g/mol. The van der Waals surface area contributed by atoms with Gasteiger partial charge in [0.15, 0.2) is 0 Å². The molecule has 1 aromatic heterocycles. The Kier molecular flexibility index (Phi) is 3.88. The summed E-state index contributed by atoms with van der Waals surface area (Å²) in [6.45, 7) is 0. The van der Waals surface area contributed by atoms with Crippen molar-refractivity contribution in [1.29, 1.82) is 0 Å². The fourth-order valence-electron chi connectivity index (χ4n) is 2.75. The molecule has 0 aliphatic rings. The van der Waals surface area contributed by atoms with Gasteiger partial charge in [0, 0.05) is 29.2 Å². The second-order valence-electron chi connectivity index (χ2n) is 5.62. The van der Waals surface area contributed by atoms with Crippen molar-refractivity contribution in [2.45, 2.75) is 0 Å². The molecule has 2 N–H and O–H groups in total. The SMILES string of the molecule is O=C(Nc1ccc(-n2ccnc2)cc1)Nc1cccc2ccccc12. The van der Waals surface area contributed by atoms with E-state index in [0.717, 1.165) is 27.8 Å². The van der Waals surface area contributed by atoms with E-state index in [1.165, 1.54) is 0 Å². The molecule has 0 saturated heterocycles. The summed E-state index contributed by atoms with van der Waals surface area (Å²) in [6, 6.07) is 21.1. The average molecular weight is 328 g/mol. The van der Waals surface area contributed by atoms with Gasteiger partial charge in [-0.25, -0.2) is 9.78 Å². The molecule has 0 atom stereocenters. The fraction of sp³-hybridized carbons (Fsp3) is 0. The molecule has 122 valence electrons. The molecular weight excluding hydrogens is 312 g/mol. The van der Waals surface area contributed by atoms with E-state index in [4.69, 9.17) is 0 Å². The van der Waals surface area contributed by atoms with Gasteiger partial charge in [0.25, 0.3) is 0 Å². The van der Waals surface area contributed by atoms with E-state index in [-0.39, 0.29) is 6.03 Å². The van der Waals surface area contributed by atoms with Gasteiger partial charge < -0.3 is 15.2 Å². The van der Waals surface area contributed by atoms with Crippen LogP contribution in [0.4, 0.5) is 16.2 Å². The molecule has 0 aliphatic heterocycles. The number of nitrogens with one attached hydrogen (secondary N) is 2. The van der Waals surface area contributed by atoms with E-state index in [1.807, 2.05) is 77.5 Å². The molecule has 5 nitrogen and oxygen atoms in total. The van der Waals surface area contributed by atoms with Crippen molar-refractivity contribution in [3.05, 3.63) is 85.5 Å². The molecule has 2 amide bonds. The zero-order valence-electron chi connectivity index (χ0n) is 13.4. The summed E-state index contributed by atoms with van der Waals surface area (Å²) in [5.41, 5.74) is 2.49. The van der Waals surface area contributed by atoms with Crippen molar-refractivity contribution < 1.29 is 4.79 Å². The smallest absolute Gasteiger partial charge is 0.308 e. The van der Waals surface area contributed by atoms with Gasteiger partial charge in [0.1, 0.15) is 0 Å². The predicted octanol–water partition coefficient (Wildman–Crippen LogP) is 4.67. The Hall–Kier alpha value is -3.60. The predicted molar refractivity (Wildman–Crippen MR) is 100 cm³/mol. The molecule has 0 unspecified atom stereocenters. The zero-order valence-corrected chi connectivity index (χ0v) is 13.4. The number of aromatic nitrogens is 2. The van der Waals surface area contributed by atoms with Gasteiger partial charge in [0.05, 0.1) is 12.0 Å². The first-order chi connectivity index (χ1) is 12.3. The van der Waals surface area contributed by atoms with Crippen LogP contribution < -0.4 is 10.6 Å². The van der Waals surface area contributed by atoms with Crippen molar-refractivity contribution in [1.82, 2.24) is 9.55 Å². The first-order valence-electron chi connectivity index (χ1n) is 7.94. The quantitative estimate of drug-likeness (QED) is 0.574. The van der Waals surface area contributed by atoms with Crippen LogP contribution in [0, 0.1) is 0 Å². The number of amides is 2.